The lowest BCUT2D eigenvalue weighted by Gasteiger charge is -2.38. The lowest BCUT2D eigenvalue weighted by atomic mass is 9.73. The van der Waals surface area contributed by atoms with E-state index in [1.165, 1.54) is 12.7 Å². The molecule has 1 aromatic heterocycles. The van der Waals surface area contributed by atoms with Crippen molar-refractivity contribution in [2.75, 3.05) is 34.1 Å². The molecule has 2 heterocycles. The van der Waals surface area contributed by atoms with Gasteiger partial charge in [-0.2, -0.15) is 0 Å². The highest BCUT2D eigenvalue weighted by molar-refractivity contribution is 5.83. The van der Waals surface area contributed by atoms with Gasteiger partial charge in [-0.05, 0) is 101 Å². The zero-order chi connectivity index (χ0) is 33.4. The first-order chi connectivity index (χ1) is 23.4. The number of H-pyrrole nitrogens is 1. The fourth-order valence-electron chi connectivity index (χ4n) is 7.16. The minimum Gasteiger partial charge on any atom is -0.508 e. The molecular weight excluding hydrogens is 612 g/mol. The summed E-state index contributed by atoms with van der Waals surface area (Å²) in [6, 6.07) is 20.9. The quantitative estimate of drug-likeness (QED) is 0.107. The number of fused-ring (bicyclic) bond motifs is 6. The molecule has 6 N–H and O–H groups in total. The highest BCUT2D eigenvalue weighted by Gasteiger charge is 2.39. The molecule has 7 rings (SSSR count). The number of hydrogen-bond acceptors (Lipinski definition) is 9. The standard InChI is InChI=1S/C38H40N2O8/c1-39-20-46-36-16-29-30-13-24(12-21-3-7-31-22(11-21)9-10-40-31)28-15-25(43)5-6-27(28)37(30)35(47-26(18-41)19-42)17-33(29)48-38(36)23-4-8-32(44)34(14-23)45-2/h3-11,14-15,17,24,26,36,38-44H,12-13,16,18-20H2,1-2H3. The summed E-state index contributed by atoms with van der Waals surface area (Å²) >= 11 is 0. The SMILES string of the molecule is CNCOC1Cc2c(cc(OC(CO)CO)c3c2CC(Cc2ccc4[nH]ccc4c2)c2cc(O)ccc2-3)OC1c1ccc(O)c(OC)c1. The normalized spacial score (nSPS) is 18.2. The van der Waals surface area contributed by atoms with Crippen molar-refractivity contribution < 1.29 is 39.4 Å². The van der Waals surface area contributed by atoms with E-state index < -0.39 is 12.2 Å². The number of aliphatic hydroxyl groups excluding tert-OH is 2. The molecule has 0 saturated heterocycles. The van der Waals surface area contributed by atoms with E-state index in [4.69, 9.17) is 18.9 Å². The number of phenols is 2. The van der Waals surface area contributed by atoms with Gasteiger partial charge in [-0.3, -0.25) is 5.32 Å². The van der Waals surface area contributed by atoms with Crippen molar-refractivity contribution in [3.8, 4) is 39.9 Å². The molecular formula is C38H40N2O8. The largest absolute Gasteiger partial charge is 0.508 e. The molecule has 4 aromatic carbocycles. The van der Waals surface area contributed by atoms with Crippen LogP contribution in [0.1, 0.15) is 39.8 Å². The van der Waals surface area contributed by atoms with Crippen molar-refractivity contribution in [3.05, 3.63) is 101 Å². The van der Waals surface area contributed by atoms with Crippen molar-refractivity contribution in [2.24, 2.45) is 0 Å². The van der Waals surface area contributed by atoms with Crippen molar-refractivity contribution in [1.29, 1.82) is 0 Å². The van der Waals surface area contributed by atoms with Gasteiger partial charge in [0.1, 0.15) is 29.5 Å². The summed E-state index contributed by atoms with van der Waals surface area (Å²) in [6.45, 7) is -0.433. The van der Waals surface area contributed by atoms with E-state index >= 15 is 0 Å². The van der Waals surface area contributed by atoms with Crippen LogP contribution in [0.3, 0.4) is 0 Å². The van der Waals surface area contributed by atoms with Crippen LogP contribution in [-0.2, 0) is 24.0 Å². The van der Waals surface area contributed by atoms with Gasteiger partial charge in [-0.1, -0.05) is 18.2 Å². The number of rotatable bonds is 11. The van der Waals surface area contributed by atoms with E-state index in [0.29, 0.717) is 36.8 Å². The molecule has 0 radical (unpaired) electrons. The van der Waals surface area contributed by atoms with Crippen LogP contribution in [-0.4, -0.2) is 71.7 Å². The molecule has 3 atom stereocenters. The Hall–Kier alpha value is -4.74. The number of aromatic hydroxyl groups is 2. The summed E-state index contributed by atoms with van der Waals surface area (Å²) in [5.74, 6) is 1.67. The maximum Gasteiger partial charge on any atom is 0.160 e. The Morgan fingerprint density at radius 2 is 1.79 bits per heavy atom. The van der Waals surface area contributed by atoms with E-state index in [1.807, 2.05) is 31.4 Å². The molecule has 0 saturated carbocycles. The summed E-state index contributed by atoms with van der Waals surface area (Å²) in [5.41, 5.74) is 7.85. The van der Waals surface area contributed by atoms with Crippen LogP contribution >= 0.6 is 0 Å². The van der Waals surface area contributed by atoms with E-state index in [2.05, 4.69) is 34.6 Å². The van der Waals surface area contributed by atoms with Crippen LogP contribution in [0.15, 0.2) is 72.9 Å². The van der Waals surface area contributed by atoms with Crippen LogP contribution in [0, 0.1) is 0 Å². The molecule has 0 bridgehead atoms. The van der Waals surface area contributed by atoms with Crippen LogP contribution in [0.2, 0.25) is 0 Å². The topological polar surface area (TPSA) is 146 Å². The van der Waals surface area contributed by atoms with E-state index in [9.17, 15) is 20.4 Å². The number of benzene rings is 4. The van der Waals surface area contributed by atoms with Gasteiger partial charge in [-0.15, -0.1) is 0 Å². The molecule has 10 nitrogen and oxygen atoms in total. The zero-order valence-electron chi connectivity index (χ0n) is 26.9. The molecule has 5 aromatic rings. The summed E-state index contributed by atoms with van der Waals surface area (Å²) < 4.78 is 24.8. The Labute approximate surface area is 278 Å². The van der Waals surface area contributed by atoms with Crippen molar-refractivity contribution in [1.82, 2.24) is 10.3 Å². The number of aromatic amines is 1. The first-order valence-electron chi connectivity index (χ1n) is 16.2. The van der Waals surface area contributed by atoms with Gasteiger partial charge >= 0.3 is 0 Å². The number of methoxy groups -OCH3 is 1. The molecule has 1 aliphatic carbocycles. The second-order valence-corrected chi connectivity index (χ2v) is 12.5. The lowest BCUT2D eigenvalue weighted by molar-refractivity contribution is -0.0429. The Balaban J connectivity index is 1.37. The molecule has 2 aliphatic rings. The average Bonchev–Trinajstić information content (AvgIpc) is 3.57. The molecule has 1 aliphatic heterocycles. The molecule has 0 amide bonds. The molecule has 3 unspecified atom stereocenters. The molecule has 250 valence electrons. The Kier molecular flexibility index (Phi) is 8.89. The maximum absolute atomic E-state index is 10.7. The lowest BCUT2D eigenvalue weighted by Crippen LogP contribution is -2.36. The van der Waals surface area contributed by atoms with Crippen LogP contribution in [0.25, 0.3) is 22.0 Å². The predicted molar refractivity (Wildman–Crippen MR) is 181 cm³/mol. The number of aliphatic hydroxyl groups is 2. The van der Waals surface area contributed by atoms with E-state index in [-0.39, 0.29) is 36.7 Å². The smallest absolute Gasteiger partial charge is 0.160 e. The van der Waals surface area contributed by atoms with Gasteiger partial charge < -0.3 is 44.4 Å². The van der Waals surface area contributed by atoms with Gasteiger partial charge in [-0.25, -0.2) is 0 Å². The van der Waals surface area contributed by atoms with Gasteiger partial charge in [0.2, 0.25) is 0 Å². The molecule has 0 fully saturated rings. The fraction of sp³-hybridized carbons (Fsp3) is 0.316. The van der Waals surface area contributed by atoms with Crippen LogP contribution in [0.4, 0.5) is 0 Å². The minimum atomic E-state index is -0.842. The second-order valence-electron chi connectivity index (χ2n) is 12.5. The number of nitrogens with one attached hydrogen (secondary N) is 2. The minimum absolute atomic E-state index is 0.0255. The molecule has 0 spiro atoms. The van der Waals surface area contributed by atoms with Crippen LogP contribution in [0.5, 0.6) is 28.7 Å². The van der Waals surface area contributed by atoms with Gasteiger partial charge in [0, 0.05) is 35.3 Å². The molecule has 48 heavy (non-hydrogen) atoms. The van der Waals surface area contributed by atoms with E-state index in [0.717, 1.165) is 50.7 Å². The third-order valence-electron chi connectivity index (χ3n) is 9.44. The fourth-order valence-corrected chi connectivity index (χ4v) is 7.16. The third-order valence-corrected chi connectivity index (χ3v) is 9.44. The first kappa shape index (κ1) is 31.8. The second kappa shape index (κ2) is 13.4. The zero-order valence-corrected chi connectivity index (χ0v) is 26.9. The van der Waals surface area contributed by atoms with Crippen molar-refractivity contribution >= 4 is 10.9 Å². The summed E-state index contributed by atoms with van der Waals surface area (Å²) in [4.78, 5) is 3.26. The summed E-state index contributed by atoms with van der Waals surface area (Å²) in [5, 5.41) is 45.2. The van der Waals surface area contributed by atoms with Crippen LogP contribution < -0.4 is 19.5 Å². The van der Waals surface area contributed by atoms with Gasteiger partial charge in [0.15, 0.2) is 17.6 Å². The monoisotopic (exact) mass is 652 g/mol. The van der Waals surface area contributed by atoms with Crippen molar-refractivity contribution in [3.63, 3.8) is 0 Å². The highest BCUT2D eigenvalue weighted by atomic mass is 16.6. The molecule has 10 heteroatoms. The number of phenolic OH excluding ortho intramolecular Hbond substituents is 2. The third kappa shape index (κ3) is 5.92. The Bertz CT molecular complexity index is 1930. The Morgan fingerprint density at radius 3 is 2.58 bits per heavy atom. The maximum atomic E-state index is 10.7. The van der Waals surface area contributed by atoms with Gasteiger partial charge in [0.25, 0.3) is 0 Å². The first-order valence-corrected chi connectivity index (χ1v) is 16.2. The van der Waals surface area contributed by atoms with E-state index in [1.54, 1.807) is 24.3 Å². The summed E-state index contributed by atoms with van der Waals surface area (Å²) in [7, 11) is 3.33. The number of hydrogen-bond donors (Lipinski definition) is 6. The van der Waals surface area contributed by atoms with Gasteiger partial charge in [0.05, 0.1) is 27.1 Å². The van der Waals surface area contributed by atoms with Crippen molar-refractivity contribution in [2.45, 2.75) is 43.5 Å². The number of aromatic nitrogens is 1. The highest BCUT2D eigenvalue weighted by Crippen LogP contribution is 2.53. The summed E-state index contributed by atoms with van der Waals surface area (Å²) in [6.07, 6.45) is 2.09. The average molecular weight is 653 g/mol. The predicted octanol–water partition coefficient (Wildman–Crippen LogP) is 5.11. The number of ether oxygens (including phenoxy) is 4. The Morgan fingerprint density at radius 1 is 0.938 bits per heavy atom.